The smallest absolute Gasteiger partial charge is 0.253 e. The number of amides is 1. The maximum atomic E-state index is 12.8. The molecule has 1 fully saturated rings. The molecule has 1 aliphatic heterocycles. The Bertz CT molecular complexity index is 656. The van der Waals surface area contributed by atoms with E-state index in [9.17, 15) is 13.2 Å². The lowest BCUT2D eigenvalue weighted by molar-refractivity contribution is 0.0392. The van der Waals surface area contributed by atoms with Gasteiger partial charge in [0.1, 0.15) is 0 Å². The number of hydrogen-bond acceptors (Lipinski definition) is 4. The molecule has 2 rings (SSSR count). The van der Waals surface area contributed by atoms with Gasteiger partial charge in [0.05, 0.1) is 18.1 Å². The lowest BCUT2D eigenvalue weighted by Crippen LogP contribution is -2.46. The lowest BCUT2D eigenvalue weighted by Gasteiger charge is -2.32. The maximum Gasteiger partial charge on any atom is 0.253 e. The SMILES string of the molecule is CCN(CC)C(=O)c1cccc(S(=O)(=O)N2CCOCC2C)c1. The number of hydrogen-bond donors (Lipinski definition) is 0. The quantitative estimate of drug-likeness (QED) is 0.816. The molecular weight excluding hydrogens is 316 g/mol. The molecule has 1 aromatic carbocycles. The van der Waals surface area contributed by atoms with Crippen molar-refractivity contribution in [1.29, 1.82) is 0 Å². The van der Waals surface area contributed by atoms with Crippen molar-refractivity contribution in [2.45, 2.75) is 31.7 Å². The van der Waals surface area contributed by atoms with E-state index in [4.69, 9.17) is 4.74 Å². The van der Waals surface area contributed by atoms with Crippen LogP contribution in [0.25, 0.3) is 0 Å². The average molecular weight is 340 g/mol. The standard InChI is InChI=1S/C16H24N2O4S/c1-4-17(5-2)16(19)14-7-6-8-15(11-14)23(20,21)18-9-10-22-12-13(18)3/h6-8,11,13H,4-5,9-10,12H2,1-3H3. The summed E-state index contributed by atoms with van der Waals surface area (Å²) in [6.07, 6.45) is 0. The summed E-state index contributed by atoms with van der Waals surface area (Å²) in [4.78, 5) is 14.3. The van der Waals surface area contributed by atoms with Crippen molar-refractivity contribution in [3.05, 3.63) is 29.8 Å². The van der Waals surface area contributed by atoms with E-state index in [1.807, 2.05) is 20.8 Å². The number of benzene rings is 1. The summed E-state index contributed by atoms with van der Waals surface area (Å²) in [5.41, 5.74) is 0.399. The number of nitrogens with zero attached hydrogens (tertiary/aromatic N) is 2. The van der Waals surface area contributed by atoms with Crippen LogP contribution in [0.2, 0.25) is 0 Å². The second-order valence-corrected chi connectivity index (χ2v) is 7.44. The molecule has 1 heterocycles. The van der Waals surface area contributed by atoms with E-state index in [-0.39, 0.29) is 16.8 Å². The maximum absolute atomic E-state index is 12.8. The van der Waals surface area contributed by atoms with Crippen LogP contribution in [-0.2, 0) is 14.8 Å². The molecule has 7 heteroatoms. The molecule has 128 valence electrons. The Balaban J connectivity index is 2.33. The van der Waals surface area contributed by atoms with Gasteiger partial charge in [0.2, 0.25) is 10.0 Å². The zero-order valence-corrected chi connectivity index (χ0v) is 14.7. The number of sulfonamides is 1. The van der Waals surface area contributed by atoms with Gasteiger partial charge >= 0.3 is 0 Å². The molecule has 23 heavy (non-hydrogen) atoms. The normalized spacial score (nSPS) is 19.5. The molecule has 0 saturated carbocycles. The van der Waals surface area contributed by atoms with E-state index >= 15 is 0 Å². The third-order valence-electron chi connectivity index (χ3n) is 4.04. The van der Waals surface area contributed by atoms with Gasteiger partial charge in [0.25, 0.3) is 5.91 Å². The molecule has 1 aromatic rings. The fourth-order valence-electron chi connectivity index (χ4n) is 2.69. The fraction of sp³-hybridized carbons (Fsp3) is 0.562. The third-order valence-corrected chi connectivity index (χ3v) is 6.05. The third kappa shape index (κ3) is 3.73. The van der Waals surface area contributed by atoms with E-state index in [1.165, 1.54) is 16.4 Å². The van der Waals surface area contributed by atoms with Gasteiger partial charge in [-0.3, -0.25) is 4.79 Å². The van der Waals surface area contributed by atoms with Gasteiger partial charge < -0.3 is 9.64 Å². The Morgan fingerprint density at radius 1 is 1.35 bits per heavy atom. The monoisotopic (exact) mass is 340 g/mol. The largest absolute Gasteiger partial charge is 0.378 e. The second kappa shape index (κ2) is 7.42. The minimum Gasteiger partial charge on any atom is -0.378 e. The van der Waals surface area contributed by atoms with Gasteiger partial charge in [0.15, 0.2) is 0 Å². The highest BCUT2D eigenvalue weighted by Gasteiger charge is 2.32. The first kappa shape index (κ1) is 17.9. The molecule has 0 aromatic heterocycles. The molecule has 0 aliphatic carbocycles. The predicted octanol–water partition coefficient (Wildman–Crippen LogP) is 1.58. The molecule has 0 spiro atoms. The first-order valence-corrected chi connectivity index (χ1v) is 9.34. The van der Waals surface area contributed by atoms with Crippen molar-refractivity contribution in [1.82, 2.24) is 9.21 Å². The highest BCUT2D eigenvalue weighted by molar-refractivity contribution is 7.89. The summed E-state index contributed by atoms with van der Waals surface area (Å²) in [6, 6.07) is 6.07. The van der Waals surface area contributed by atoms with E-state index in [1.54, 1.807) is 17.0 Å². The van der Waals surface area contributed by atoms with Crippen molar-refractivity contribution in [2.24, 2.45) is 0 Å². The Labute approximate surface area is 138 Å². The zero-order chi connectivity index (χ0) is 17.0. The van der Waals surface area contributed by atoms with Gasteiger partial charge in [-0.2, -0.15) is 4.31 Å². The summed E-state index contributed by atoms with van der Waals surface area (Å²) < 4.78 is 32.4. The molecule has 6 nitrogen and oxygen atoms in total. The molecule has 0 radical (unpaired) electrons. The van der Waals surface area contributed by atoms with Gasteiger partial charge in [-0.15, -0.1) is 0 Å². The Morgan fingerprint density at radius 2 is 2.04 bits per heavy atom. The van der Waals surface area contributed by atoms with Crippen molar-refractivity contribution >= 4 is 15.9 Å². The van der Waals surface area contributed by atoms with Crippen molar-refractivity contribution in [2.75, 3.05) is 32.8 Å². The number of carbonyl (C=O) groups excluding carboxylic acids is 1. The fourth-order valence-corrected chi connectivity index (χ4v) is 4.33. The van der Waals surface area contributed by atoms with E-state index in [0.717, 1.165) is 0 Å². The topological polar surface area (TPSA) is 66.9 Å². The van der Waals surface area contributed by atoms with E-state index in [0.29, 0.717) is 38.4 Å². The molecule has 1 saturated heterocycles. The summed E-state index contributed by atoms with van der Waals surface area (Å²) >= 11 is 0. The summed E-state index contributed by atoms with van der Waals surface area (Å²) in [5.74, 6) is -0.151. The lowest BCUT2D eigenvalue weighted by atomic mass is 10.2. The van der Waals surface area contributed by atoms with Crippen LogP contribution in [0, 0.1) is 0 Å². The molecule has 1 amide bonds. The number of morpholine rings is 1. The van der Waals surface area contributed by atoms with Crippen molar-refractivity contribution in [3.8, 4) is 0 Å². The minimum absolute atomic E-state index is 0.151. The molecular formula is C16H24N2O4S. The van der Waals surface area contributed by atoms with Crippen LogP contribution in [0.5, 0.6) is 0 Å². The van der Waals surface area contributed by atoms with Gasteiger partial charge in [-0.1, -0.05) is 6.07 Å². The van der Waals surface area contributed by atoms with Crippen molar-refractivity contribution < 1.29 is 17.9 Å². The molecule has 0 bridgehead atoms. The average Bonchev–Trinajstić information content (AvgIpc) is 2.56. The van der Waals surface area contributed by atoms with Gasteiger partial charge in [-0.05, 0) is 39.0 Å². The van der Waals surface area contributed by atoms with Crippen LogP contribution < -0.4 is 0 Å². The molecule has 1 aliphatic rings. The molecule has 0 N–H and O–H groups in total. The van der Waals surface area contributed by atoms with Gasteiger partial charge in [0, 0.05) is 31.2 Å². The highest BCUT2D eigenvalue weighted by atomic mass is 32.2. The summed E-state index contributed by atoms with van der Waals surface area (Å²) in [7, 11) is -3.62. The number of rotatable bonds is 5. The zero-order valence-electron chi connectivity index (χ0n) is 13.9. The summed E-state index contributed by atoms with van der Waals surface area (Å²) in [5, 5.41) is 0. The van der Waals surface area contributed by atoms with Crippen LogP contribution in [-0.4, -0.2) is 62.4 Å². The number of ether oxygens (including phenoxy) is 1. The Hall–Kier alpha value is -1.44. The van der Waals surface area contributed by atoms with Crippen molar-refractivity contribution in [3.63, 3.8) is 0 Å². The molecule has 1 unspecified atom stereocenters. The molecule has 1 atom stereocenters. The Kier molecular flexibility index (Phi) is 5.78. The van der Waals surface area contributed by atoms with Crippen LogP contribution >= 0.6 is 0 Å². The van der Waals surface area contributed by atoms with Crippen LogP contribution in [0.15, 0.2) is 29.2 Å². The number of carbonyl (C=O) groups is 1. The first-order valence-electron chi connectivity index (χ1n) is 7.90. The van der Waals surface area contributed by atoms with Crippen LogP contribution in [0.3, 0.4) is 0 Å². The Morgan fingerprint density at radius 3 is 2.65 bits per heavy atom. The van der Waals surface area contributed by atoms with Gasteiger partial charge in [-0.25, -0.2) is 8.42 Å². The minimum atomic E-state index is -3.62. The van der Waals surface area contributed by atoms with E-state index in [2.05, 4.69) is 0 Å². The van der Waals surface area contributed by atoms with Crippen LogP contribution in [0.4, 0.5) is 0 Å². The van der Waals surface area contributed by atoms with Crippen LogP contribution in [0.1, 0.15) is 31.1 Å². The van der Waals surface area contributed by atoms with E-state index < -0.39 is 10.0 Å². The summed E-state index contributed by atoms with van der Waals surface area (Å²) in [6.45, 7) is 7.91. The highest BCUT2D eigenvalue weighted by Crippen LogP contribution is 2.22. The second-order valence-electron chi connectivity index (χ2n) is 5.54. The predicted molar refractivity (Wildman–Crippen MR) is 87.9 cm³/mol. The first-order chi connectivity index (χ1) is 10.9.